The third kappa shape index (κ3) is 3.65. The second kappa shape index (κ2) is 8.60. The van der Waals surface area contributed by atoms with Crippen LogP contribution in [0.2, 0.25) is 0 Å². The van der Waals surface area contributed by atoms with Gasteiger partial charge in [-0.2, -0.15) is 0 Å². The van der Waals surface area contributed by atoms with Crippen molar-refractivity contribution in [2.45, 2.75) is 32.6 Å². The van der Waals surface area contributed by atoms with Crippen molar-refractivity contribution in [3.8, 4) is 23.0 Å². The van der Waals surface area contributed by atoms with E-state index < -0.39 is 0 Å². The molecule has 0 N–H and O–H groups in total. The summed E-state index contributed by atoms with van der Waals surface area (Å²) in [6.45, 7) is 2.11. The molecule has 0 fully saturated rings. The van der Waals surface area contributed by atoms with Crippen LogP contribution in [0.4, 0.5) is 0 Å². The fourth-order valence-corrected chi connectivity index (χ4v) is 3.03. The van der Waals surface area contributed by atoms with Gasteiger partial charge in [0.2, 0.25) is 0 Å². The Bertz CT molecular complexity index is 752. The Labute approximate surface area is 148 Å². The molecule has 2 aromatic rings. The van der Waals surface area contributed by atoms with Crippen LogP contribution in [0.1, 0.15) is 43.0 Å². The molecule has 0 aliphatic carbocycles. The van der Waals surface area contributed by atoms with Gasteiger partial charge in [0.1, 0.15) is 23.0 Å². The van der Waals surface area contributed by atoms with Crippen molar-refractivity contribution in [2.75, 3.05) is 28.4 Å². The minimum absolute atomic E-state index is 0.0374. The van der Waals surface area contributed by atoms with Gasteiger partial charge in [-0.05, 0) is 24.6 Å². The lowest BCUT2D eigenvalue weighted by Gasteiger charge is -2.18. The second-order valence-electron chi connectivity index (χ2n) is 5.76. The summed E-state index contributed by atoms with van der Waals surface area (Å²) < 4.78 is 22.1. The van der Waals surface area contributed by atoms with Gasteiger partial charge in [0.25, 0.3) is 0 Å². The Morgan fingerprint density at radius 2 is 1.44 bits per heavy atom. The van der Waals surface area contributed by atoms with Crippen LogP contribution < -0.4 is 18.9 Å². The number of hydrogen-bond acceptors (Lipinski definition) is 5. The highest BCUT2D eigenvalue weighted by Gasteiger charge is 2.23. The highest BCUT2D eigenvalue weighted by Crippen LogP contribution is 2.46. The summed E-state index contributed by atoms with van der Waals surface area (Å²) in [5, 5.41) is 1.41. The summed E-state index contributed by atoms with van der Waals surface area (Å²) in [7, 11) is 6.31. The molecule has 0 bridgehead atoms. The van der Waals surface area contributed by atoms with Gasteiger partial charge >= 0.3 is 0 Å². The average Bonchev–Trinajstić information content (AvgIpc) is 2.65. The van der Waals surface area contributed by atoms with Crippen LogP contribution in [-0.4, -0.2) is 34.2 Å². The first-order chi connectivity index (χ1) is 12.1. The van der Waals surface area contributed by atoms with Gasteiger partial charge in [0.05, 0.1) is 44.8 Å². The lowest BCUT2D eigenvalue weighted by atomic mass is 9.97. The predicted molar refractivity (Wildman–Crippen MR) is 98.6 cm³/mol. The minimum atomic E-state index is 0.0374. The molecule has 2 aromatic carbocycles. The summed E-state index contributed by atoms with van der Waals surface area (Å²) in [5.41, 5.74) is 0.509. The molecule has 0 saturated heterocycles. The van der Waals surface area contributed by atoms with Gasteiger partial charge in [-0.25, -0.2) is 0 Å². The van der Waals surface area contributed by atoms with Crippen LogP contribution in [-0.2, 0) is 0 Å². The van der Waals surface area contributed by atoms with E-state index in [1.165, 1.54) is 0 Å². The summed E-state index contributed by atoms with van der Waals surface area (Å²) in [6, 6.07) is 5.34. The van der Waals surface area contributed by atoms with Crippen molar-refractivity contribution in [1.82, 2.24) is 0 Å². The standard InChI is InChI=1S/C20H26O5/c1-6-7-8-9-14(21)13-12-17(24-4)18-15(22-2)10-11-16(23-3)19(18)20(13)25-5/h10-12H,6-9H2,1-5H3. The number of rotatable bonds is 9. The van der Waals surface area contributed by atoms with Crippen molar-refractivity contribution in [3.05, 3.63) is 23.8 Å². The van der Waals surface area contributed by atoms with Crippen LogP contribution in [0, 0.1) is 0 Å². The van der Waals surface area contributed by atoms with Crippen molar-refractivity contribution in [1.29, 1.82) is 0 Å². The van der Waals surface area contributed by atoms with Crippen molar-refractivity contribution >= 4 is 16.6 Å². The Balaban J connectivity index is 2.74. The first-order valence-corrected chi connectivity index (χ1v) is 8.45. The molecule has 5 nitrogen and oxygen atoms in total. The van der Waals surface area contributed by atoms with Gasteiger partial charge < -0.3 is 18.9 Å². The number of unbranched alkanes of at least 4 members (excludes halogenated alkanes) is 2. The number of carbonyl (C=O) groups excluding carboxylic acids is 1. The molecule has 25 heavy (non-hydrogen) atoms. The van der Waals surface area contributed by atoms with Gasteiger partial charge in [-0.15, -0.1) is 0 Å². The van der Waals surface area contributed by atoms with Gasteiger partial charge in [0.15, 0.2) is 5.78 Å². The molecule has 2 rings (SSSR count). The first kappa shape index (κ1) is 18.9. The maximum Gasteiger partial charge on any atom is 0.166 e. The zero-order chi connectivity index (χ0) is 18.4. The molecule has 0 spiro atoms. The molecular weight excluding hydrogens is 320 g/mol. The molecular formula is C20H26O5. The van der Waals surface area contributed by atoms with Crippen LogP contribution in [0.15, 0.2) is 18.2 Å². The van der Waals surface area contributed by atoms with Crippen LogP contribution in [0.25, 0.3) is 10.8 Å². The number of ketones is 1. The summed E-state index contributed by atoms with van der Waals surface area (Å²) in [5.74, 6) is 2.33. The van der Waals surface area contributed by atoms with Crippen molar-refractivity contribution < 1.29 is 23.7 Å². The molecule has 0 aromatic heterocycles. The fourth-order valence-electron chi connectivity index (χ4n) is 3.03. The van der Waals surface area contributed by atoms with E-state index >= 15 is 0 Å². The van der Waals surface area contributed by atoms with Gasteiger partial charge in [0, 0.05) is 6.42 Å². The Kier molecular flexibility index (Phi) is 6.51. The smallest absolute Gasteiger partial charge is 0.166 e. The molecule has 5 heteroatoms. The van der Waals surface area contributed by atoms with Crippen LogP contribution in [0.3, 0.4) is 0 Å². The monoisotopic (exact) mass is 346 g/mol. The quantitative estimate of drug-likeness (QED) is 0.489. The van der Waals surface area contributed by atoms with E-state index in [-0.39, 0.29) is 5.78 Å². The van der Waals surface area contributed by atoms with Crippen LogP contribution in [0.5, 0.6) is 23.0 Å². The average molecular weight is 346 g/mol. The van der Waals surface area contributed by atoms with Crippen molar-refractivity contribution in [2.24, 2.45) is 0 Å². The van der Waals surface area contributed by atoms with E-state index in [2.05, 4.69) is 6.92 Å². The second-order valence-corrected chi connectivity index (χ2v) is 5.76. The number of hydrogen-bond donors (Lipinski definition) is 0. The number of methoxy groups -OCH3 is 4. The highest BCUT2D eigenvalue weighted by molar-refractivity contribution is 6.10. The fraction of sp³-hybridized carbons (Fsp3) is 0.450. The molecule has 136 valence electrons. The zero-order valence-corrected chi connectivity index (χ0v) is 15.6. The third-order valence-electron chi connectivity index (χ3n) is 4.29. The maximum absolute atomic E-state index is 12.8. The van der Waals surface area contributed by atoms with E-state index in [0.29, 0.717) is 40.4 Å². The summed E-state index contributed by atoms with van der Waals surface area (Å²) >= 11 is 0. The zero-order valence-electron chi connectivity index (χ0n) is 15.6. The van der Waals surface area contributed by atoms with Gasteiger partial charge in [-0.3, -0.25) is 4.79 Å². The Morgan fingerprint density at radius 3 is 1.96 bits per heavy atom. The normalized spacial score (nSPS) is 10.6. The topological polar surface area (TPSA) is 54.0 Å². The molecule has 0 unspecified atom stereocenters. The molecule has 0 amide bonds. The number of fused-ring (bicyclic) bond motifs is 1. The molecule has 0 atom stereocenters. The molecule has 0 aliphatic rings. The van der Waals surface area contributed by atoms with E-state index in [0.717, 1.165) is 24.6 Å². The maximum atomic E-state index is 12.8. The molecule has 0 heterocycles. The van der Waals surface area contributed by atoms with E-state index in [9.17, 15) is 4.79 Å². The number of Topliss-reactive ketones (excluding diaryl/α,β-unsaturated/α-hetero) is 1. The Hall–Kier alpha value is -2.43. The largest absolute Gasteiger partial charge is 0.496 e. The lowest BCUT2D eigenvalue weighted by molar-refractivity contribution is 0.0976. The van der Waals surface area contributed by atoms with E-state index in [1.54, 1.807) is 40.6 Å². The highest BCUT2D eigenvalue weighted by atomic mass is 16.5. The number of benzene rings is 2. The van der Waals surface area contributed by atoms with E-state index in [1.807, 2.05) is 6.07 Å². The minimum Gasteiger partial charge on any atom is -0.496 e. The number of ether oxygens (including phenoxy) is 4. The molecule has 0 radical (unpaired) electrons. The predicted octanol–water partition coefficient (Wildman–Crippen LogP) is 4.64. The summed E-state index contributed by atoms with van der Waals surface area (Å²) in [4.78, 5) is 12.8. The summed E-state index contributed by atoms with van der Waals surface area (Å²) in [6.07, 6.45) is 3.42. The molecule has 0 aliphatic heterocycles. The van der Waals surface area contributed by atoms with Crippen LogP contribution >= 0.6 is 0 Å². The van der Waals surface area contributed by atoms with Crippen molar-refractivity contribution in [3.63, 3.8) is 0 Å². The first-order valence-electron chi connectivity index (χ1n) is 8.45. The van der Waals surface area contributed by atoms with E-state index in [4.69, 9.17) is 18.9 Å². The number of carbonyl (C=O) groups is 1. The molecule has 0 saturated carbocycles. The lowest BCUT2D eigenvalue weighted by Crippen LogP contribution is -2.05. The van der Waals surface area contributed by atoms with Gasteiger partial charge in [-0.1, -0.05) is 19.8 Å². The SMILES string of the molecule is CCCCCC(=O)c1cc(OC)c2c(OC)ccc(OC)c2c1OC. The third-order valence-corrected chi connectivity index (χ3v) is 4.29. The Morgan fingerprint density at radius 1 is 0.840 bits per heavy atom.